The maximum Gasteiger partial charge on any atom is 0.346 e. The van der Waals surface area contributed by atoms with Crippen LogP contribution in [0.3, 0.4) is 0 Å². The second-order valence-electron chi connectivity index (χ2n) is 5.80. The van der Waals surface area contributed by atoms with Crippen molar-refractivity contribution >= 4 is 40.9 Å². The molecule has 0 saturated heterocycles. The molecule has 1 heterocycles. The molecule has 8 heteroatoms. The Bertz CT molecular complexity index is 986. The van der Waals surface area contributed by atoms with Crippen LogP contribution in [0.25, 0.3) is 21.6 Å². The third-order valence-electron chi connectivity index (χ3n) is 4.07. The van der Waals surface area contributed by atoms with Crippen LogP contribution in [0.4, 0.5) is 0 Å². The fourth-order valence-corrected chi connectivity index (χ4v) is 4.57. The number of carbonyl (C=O) groups is 1. The topological polar surface area (TPSA) is 81.8 Å². The van der Waals surface area contributed by atoms with E-state index in [-0.39, 0.29) is 0 Å². The highest BCUT2D eigenvalue weighted by Crippen LogP contribution is 2.43. The molecule has 0 aliphatic heterocycles. The highest BCUT2D eigenvalue weighted by molar-refractivity contribution is 7.94. The Morgan fingerprint density at radius 2 is 1.81 bits per heavy atom. The summed E-state index contributed by atoms with van der Waals surface area (Å²) in [4.78, 5) is 18.0. The summed E-state index contributed by atoms with van der Waals surface area (Å²) in [5, 5.41) is 10.4. The van der Waals surface area contributed by atoms with E-state index in [2.05, 4.69) is 4.99 Å². The summed E-state index contributed by atoms with van der Waals surface area (Å²) in [7, 11) is 0. The van der Waals surface area contributed by atoms with E-state index < -0.39 is 5.97 Å². The maximum atomic E-state index is 11.9. The van der Waals surface area contributed by atoms with E-state index in [1.54, 1.807) is 12.1 Å². The Kier molecular flexibility index (Phi) is 6.21. The molecular formula is C19H16ClNO4S2. The Labute approximate surface area is 169 Å². The van der Waals surface area contributed by atoms with Crippen LogP contribution in [0.2, 0.25) is 5.02 Å². The van der Waals surface area contributed by atoms with E-state index in [0.29, 0.717) is 15.5 Å². The molecule has 0 bridgehead atoms. The van der Waals surface area contributed by atoms with E-state index in [0.717, 1.165) is 44.1 Å². The molecule has 27 heavy (non-hydrogen) atoms. The van der Waals surface area contributed by atoms with Crippen LogP contribution in [0.1, 0.15) is 20.8 Å². The van der Waals surface area contributed by atoms with Gasteiger partial charge in [-0.3, -0.25) is 0 Å². The van der Waals surface area contributed by atoms with Crippen molar-refractivity contribution in [3.05, 3.63) is 63.5 Å². The van der Waals surface area contributed by atoms with Crippen molar-refractivity contribution in [2.75, 3.05) is 0 Å². The minimum Gasteiger partial charge on any atom is -0.477 e. The number of aryl methyl sites for hydroxylation is 1. The van der Waals surface area contributed by atoms with Gasteiger partial charge in [-0.2, -0.15) is 5.90 Å². The third kappa shape index (κ3) is 4.19. The number of rotatable bonds is 6. The van der Waals surface area contributed by atoms with Crippen molar-refractivity contribution in [2.24, 2.45) is 5.90 Å². The number of hydrogen-bond donors (Lipinski definition) is 2. The van der Waals surface area contributed by atoms with Crippen molar-refractivity contribution in [2.45, 2.75) is 18.7 Å². The van der Waals surface area contributed by atoms with Crippen LogP contribution in [0.5, 0.6) is 0 Å². The largest absolute Gasteiger partial charge is 0.477 e. The first-order chi connectivity index (χ1) is 12.9. The lowest BCUT2D eigenvalue weighted by Crippen LogP contribution is -1.97. The van der Waals surface area contributed by atoms with Crippen molar-refractivity contribution in [1.29, 1.82) is 0 Å². The molecule has 0 fully saturated rings. The number of benzene rings is 2. The van der Waals surface area contributed by atoms with Gasteiger partial charge < -0.3 is 5.11 Å². The molecule has 0 saturated carbocycles. The van der Waals surface area contributed by atoms with Gasteiger partial charge in [0.05, 0.1) is 12.0 Å². The van der Waals surface area contributed by atoms with Gasteiger partial charge in [0.25, 0.3) is 0 Å². The second kappa shape index (κ2) is 8.43. The first kappa shape index (κ1) is 19.9. The van der Waals surface area contributed by atoms with Crippen molar-refractivity contribution < 1.29 is 19.2 Å². The number of aromatic carboxylic acids is 1. The van der Waals surface area contributed by atoms with Crippen LogP contribution in [-0.2, 0) is 9.32 Å². The maximum absolute atomic E-state index is 11.9. The van der Waals surface area contributed by atoms with Gasteiger partial charge in [-0.25, -0.2) is 4.79 Å². The van der Waals surface area contributed by atoms with Crippen LogP contribution >= 0.6 is 35.0 Å². The zero-order valence-corrected chi connectivity index (χ0v) is 16.9. The second-order valence-corrected chi connectivity index (χ2v) is 8.00. The summed E-state index contributed by atoms with van der Waals surface area (Å²) in [5.74, 6) is 3.92. The first-order valence-corrected chi connectivity index (χ1v) is 9.79. The monoisotopic (exact) mass is 421 g/mol. The van der Waals surface area contributed by atoms with Gasteiger partial charge in [0.15, 0.2) is 0 Å². The summed E-state index contributed by atoms with van der Waals surface area (Å²) < 4.78 is 4.69. The molecule has 0 amide bonds. The van der Waals surface area contributed by atoms with Crippen molar-refractivity contribution in [3.63, 3.8) is 0 Å². The number of hydrogen-bond acceptors (Lipinski definition) is 6. The fraction of sp³-hybridized carbons (Fsp3) is 0.105. The Balaban J connectivity index is 2.11. The Morgan fingerprint density at radius 3 is 2.41 bits per heavy atom. The molecular weight excluding hydrogens is 406 g/mol. The van der Waals surface area contributed by atoms with E-state index in [9.17, 15) is 9.90 Å². The van der Waals surface area contributed by atoms with Crippen LogP contribution in [0.15, 0.2) is 47.4 Å². The third-order valence-corrected chi connectivity index (χ3v) is 6.44. The molecule has 3 N–H and O–H groups in total. The van der Waals surface area contributed by atoms with Gasteiger partial charge in [0, 0.05) is 20.4 Å². The predicted octanol–water partition coefficient (Wildman–Crippen LogP) is 5.88. The van der Waals surface area contributed by atoms with Crippen molar-refractivity contribution in [1.82, 2.24) is 0 Å². The van der Waals surface area contributed by atoms with Gasteiger partial charge in [-0.1, -0.05) is 35.9 Å². The molecule has 1 aromatic heterocycles. The SMILES string of the molecule is Cc1cc(-c2c(C(=O)O)sc(-c3ccc(Cl)cc3)c2C)ccc1SOON. The standard InChI is InChI=1S/C19H16ClNO4S2/c1-10-9-13(5-8-15(10)27-25-24-21)16-11(2)17(26-18(16)19(22)23)12-3-6-14(20)7-4-12/h3-9H,21H2,1-2H3,(H,22,23). The molecule has 0 atom stereocenters. The molecule has 2 aromatic carbocycles. The van der Waals surface area contributed by atoms with E-state index >= 15 is 0 Å². The summed E-state index contributed by atoms with van der Waals surface area (Å²) >= 11 is 8.23. The zero-order valence-electron chi connectivity index (χ0n) is 14.5. The summed E-state index contributed by atoms with van der Waals surface area (Å²) in [5.41, 5.74) is 4.32. The minimum absolute atomic E-state index is 0.304. The lowest BCUT2D eigenvalue weighted by Gasteiger charge is -2.09. The smallest absolute Gasteiger partial charge is 0.346 e. The molecule has 0 radical (unpaired) electrons. The van der Waals surface area contributed by atoms with E-state index in [1.165, 1.54) is 11.3 Å². The summed E-state index contributed by atoms with van der Waals surface area (Å²) in [6.45, 7) is 3.85. The lowest BCUT2D eigenvalue weighted by atomic mass is 9.98. The zero-order chi connectivity index (χ0) is 19.6. The molecule has 3 aromatic rings. The number of nitrogens with two attached hydrogens (primary N) is 1. The van der Waals surface area contributed by atoms with Gasteiger partial charge in [-0.05, 0) is 54.3 Å². The fourth-order valence-electron chi connectivity index (χ4n) is 2.84. The summed E-state index contributed by atoms with van der Waals surface area (Å²) in [6.07, 6.45) is 0. The van der Waals surface area contributed by atoms with E-state index in [1.807, 2.05) is 44.2 Å². The number of halogens is 1. The van der Waals surface area contributed by atoms with E-state index in [4.69, 9.17) is 21.8 Å². The average Bonchev–Trinajstić information content (AvgIpc) is 2.99. The Morgan fingerprint density at radius 1 is 1.15 bits per heavy atom. The van der Waals surface area contributed by atoms with Crippen LogP contribution < -0.4 is 5.90 Å². The number of thiophene rings is 1. The molecule has 3 rings (SSSR count). The Hall–Kier alpha value is -1.87. The highest BCUT2D eigenvalue weighted by atomic mass is 35.5. The average molecular weight is 422 g/mol. The van der Waals surface area contributed by atoms with Crippen LogP contribution in [-0.4, -0.2) is 11.1 Å². The number of carboxylic acid groups (broad SMARTS) is 1. The molecule has 0 aliphatic carbocycles. The van der Waals surface area contributed by atoms with Gasteiger partial charge >= 0.3 is 5.97 Å². The molecule has 0 aliphatic rings. The normalized spacial score (nSPS) is 11.0. The van der Waals surface area contributed by atoms with Gasteiger partial charge in [0.2, 0.25) is 0 Å². The highest BCUT2D eigenvalue weighted by Gasteiger charge is 2.22. The quantitative estimate of drug-likeness (QED) is 0.294. The molecule has 0 unspecified atom stereocenters. The first-order valence-electron chi connectivity index (χ1n) is 7.86. The van der Waals surface area contributed by atoms with Gasteiger partial charge in [-0.15, -0.1) is 20.7 Å². The molecule has 5 nitrogen and oxygen atoms in total. The van der Waals surface area contributed by atoms with Crippen LogP contribution in [0, 0.1) is 13.8 Å². The van der Waals surface area contributed by atoms with Crippen molar-refractivity contribution in [3.8, 4) is 21.6 Å². The number of carboxylic acids is 1. The lowest BCUT2D eigenvalue weighted by molar-refractivity contribution is -0.195. The van der Waals surface area contributed by atoms with Gasteiger partial charge in [0.1, 0.15) is 4.88 Å². The minimum atomic E-state index is -0.950. The predicted molar refractivity (Wildman–Crippen MR) is 109 cm³/mol. The summed E-state index contributed by atoms with van der Waals surface area (Å²) in [6, 6.07) is 13.0. The molecule has 0 spiro atoms. The molecule has 140 valence electrons.